The van der Waals surface area contributed by atoms with Crippen molar-refractivity contribution in [1.82, 2.24) is 10.2 Å². The van der Waals surface area contributed by atoms with E-state index in [0.29, 0.717) is 11.5 Å². The number of aryl methyl sites for hydroxylation is 1. The lowest BCUT2D eigenvalue weighted by molar-refractivity contribution is -0.144. The number of aliphatic carboxylic acids is 1. The summed E-state index contributed by atoms with van der Waals surface area (Å²) in [5.41, 5.74) is 1.72. The Morgan fingerprint density at radius 1 is 1.26 bits per heavy atom. The predicted octanol–water partition coefficient (Wildman–Crippen LogP) is 4.80. The Morgan fingerprint density at radius 2 is 2.00 bits per heavy atom. The second-order valence-corrected chi connectivity index (χ2v) is 7.93. The second-order valence-electron chi connectivity index (χ2n) is 5.82. The number of thioether (sulfide) groups is 1. The van der Waals surface area contributed by atoms with Gasteiger partial charge in [-0.05, 0) is 61.9 Å². The number of carbonyl (C=O) groups is 1. The van der Waals surface area contributed by atoms with Gasteiger partial charge in [0.25, 0.3) is 0 Å². The quantitative estimate of drug-likeness (QED) is 0.571. The molecule has 1 atom stereocenters. The van der Waals surface area contributed by atoms with Crippen molar-refractivity contribution in [3.8, 4) is 16.3 Å². The first-order valence-corrected chi connectivity index (χ1v) is 9.94. The first-order chi connectivity index (χ1) is 12.9. The minimum atomic E-state index is -0.999. The first kappa shape index (κ1) is 19.3. The highest BCUT2D eigenvalue weighted by molar-refractivity contribution is 7.98. The van der Waals surface area contributed by atoms with E-state index in [-0.39, 0.29) is 5.82 Å². The molecule has 0 aliphatic rings. The Hall–Kier alpha value is -2.45. The predicted molar refractivity (Wildman–Crippen MR) is 104 cm³/mol. The van der Waals surface area contributed by atoms with Gasteiger partial charge in [0.15, 0.2) is 6.10 Å². The fraction of sp³-hybridized carbons (Fsp3) is 0.211. The van der Waals surface area contributed by atoms with Crippen LogP contribution in [0.1, 0.15) is 17.5 Å². The normalized spacial score (nSPS) is 12.0. The number of rotatable bonds is 7. The molecule has 1 unspecified atom stereocenters. The summed E-state index contributed by atoms with van der Waals surface area (Å²) in [6, 6.07) is 11.8. The highest BCUT2D eigenvalue weighted by Gasteiger charge is 2.14. The summed E-state index contributed by atoms with van der Waals surface area (Å²) in [5.74, 6) is -0.0613. The Bertz CT molecular complexity index is 944. The van der Waals surface area contributed by atoms with Crippen LogP contribution in [0.4, 0.5) is 4.39 Å². The number of nitrogens with zero attached hydrogens (tertiary/aromatic N) is 2. The zero-order valence-electron chi connectivity index (χ0n) is 14.7. The van der Waals surface area contributed by atoms with Gasteiger partial charge in [-0.1, -0.05) is 11.3 Å². The maximum atomic E-state index is 13.0. The molecule has 2 aromatic carbocycles. The van der Waals surface area contributed by atoms with Crippen LogP contribution in [-0.4, -0.2) is 27.4 Å². The number of carboxylic acids is 1. The number of hydrogen-bond donors (Lipinski definition) is 1. The van der Waals surface area contributed by atoms with E-state index in [1.807, 2.05) is 19.1 Å². The van der Waals surface area contributed by atoms with E-state index < -0.39 is 12.1 Å². The van der Waals surface area contributed by atoms with Crippen LogP contribution in [-0.2, 0) is 10.5 Å². The second kappa shape index (κ2) is 8.49. The Labute approximate surface area is 164 Å². The molecule has 0 aliphatic heterocycles. The van der Waals surface area contributed by atoms with Crippen molar-refractivity contribution < 1.29 is 19.0 Å². The molecule has 0 bridgehead atoms. The van der Waals surface area contributed by atoms with Crippen LogP contribution in [0.5, 0.6) is 5.75 Å². The van der Waals surface area contributed by atoms with Crippen LogP contribution in [0.15, 0.2) is 47.4 Å². The van der Waals surface area contributed by atoms with Gasteiger partial charge in [0.2, 0.25) is 0 Å². The third kappa shape index (κ3) is 5.05. The van der Waals surface area contributed by atoms with Crippen molar-refractivity contribution in [3.63, 3.8) is 0 Å². The van der Waals surface area contributed by atoms with E-state index in [2.05, 4.69) is 10.2 Å². The molecule has 0 radical (unpaired) electrons. The lowest BCUT2D eigenvalue weighted by atomic mass is 10.2. The van der Waals surface area contributed by atoms with Gasteiger partial charge in [0.1, 0.15) is 21.6 Å². The third-order valence-electron chi connectivity index (χ3n) is 3.72. The van der Waals surface area contributed by atoms with Crippen molar-refractivity contribution >= 4 is 29.1 Å². The van der Waals surface area contributed by atoms with Gasteiger partial charge in [0.05, 0.1) is 5.75 Å². The molecule has 0 saturated carbocycles. The molecule has 8 heteroatoms. The Balaban J connectivity index is 1.62. The van der Waals surface area contributed by atoms with Crippen LogP contribution in [0.25, 0.3) is 10.6 Å². The van der Waals surface area contributed by atoms with Gasteiger partial charge < -0.3 is 9.84 Å². The number of hydrogen-bond acceptors (Lipinski definition) is 6. The summed E-state index contributed by atoms with van der Waals surface area (Å²) in [4.78, 5) is 11.9. The lowest BCUT2D eigenvalue weighted by Gasteiger charge is -2.13. The molecule has 0 spiro atoms. The van der Waals surface area contributed by atoms with E-state index in [9.17, 15) is 9.18 Å². The minimum Gasteiger partial charge on any atom is -0.479 e. The standard InChI is InChI=1S/C19H17FN2O3S2/c1-11-9-15(7-8-16(11)25-12(2)19(23)24)26-10-17-21-22-18(27-17)13-3-5-14(20)6-4-13/h3-9,12H,10H2,1-2H3,(H,23,24). The molecule has 27 heavy (non-hydrogen) atoms. The molecule has 0 amide bonds. The topological polar surface area (TPSA) is 72.3 Å². The van der Waals surface area contributed by atoms with Crippen LogP contribution in [0.3, 0.4) is 0 Å². The van der Waals surface area contributed by atoms with Crippen molar-refractivity contribution in [3.05, 3.63) is 58.9 Å². The molecular formula is C19H17FN2O3S2. The smallest absolute Gasteiger partial charge is 0.344 e. The van der Waals surface area contributed by atoms with E-state index in [4.69, 9.17) is 9.84 Å². The van der Waals surface area contributed by atoms with Gasteiger partial charge in [-0.3, -0.25) is 0 Å². The maximum Gasteiger partial charge on any atom is 0.344 e. The summed E-state index contributed by atoms with van der Waals surface area (Å²) in [6.07, 6.45) is -0.895. The van der Waals surface area contributed by atoms with E-state index in [1.165, 1.54) is 30.4 Å². The average molecular weight is 404 g/mol. The molecule has 5 nitrogen and oxygen atoms in total. The number of halogens is 1. The van der Waals surface area contributed by atoms with Gasteiger partial charge in [-0.25, -0.2) is 9.18 Å². The fourth-order valence-electron chi connectivity index (χ4n) is 2.25. The van der Waals surface area contributed by atoms with Crippen LogP contribution in [0, 0.1) is 12.7 Å². The van der Waals surface area contributed by atoms with Crippen molar-refractivity contribution in [2.24, 2.45) is 0 Å². The van der Waals surface area contributed by atoms with Gasteiger partial charge >= 0.3 is 5.97 Å². The molecule has 0 fully saturated rings. The summed E-state index contributed by atoms with van der Waals surface area (Å²) in [5, 5.41) is 18.9. The number of carboxylic acid groups (broad SMARTS) is 1. The van der Waals surface area contributed by atoms with Crippen LogP contribution < -0.4 is 4.74 Å². The number of benzene rings is 2. The van der Waals surface area contributed by atoms with Crippen molar-refractivity contribution in [1.29, 1.82) is 0 Å². The third-order valence-corrected chi connectivity index (χ3v) is 5.88. The van der Waals surface area contributed by atoms with Crippen LogP contribution >= 0.6 is 23.1 Å². The first-order valence-electron chi connectivity index (χ1n) is 8.13. The zero-order chi connectivity index (χ0) is 19.4. The molecule has 140 valence electrons. The van der Waals surface area contributed by atoms with Crippen molar-refractivity contribution in [2.75, 3.05) is 0 Å². The highest BCUT2D eigenvalue weighted by atomic mass is 32.2. The number of aromatic nitrogens is 2. The molecule has 0 saturated heterocycles. The molecule has 1 aromatic heterocycles. The molecule has 0 aliphatic carbocycles. The average Bonchev–Trinajstić information content (AvgIpc) is 3.11. The molecule has 3 aromatic rings. The molecule has 3 rings (SSSR count). The van der Waals surface area contributed by atoms with Crippen molar-refractivity contribution in [2.45, 2.75) is 30.6 Å². The van der Waals surface area contributed by atoms with Gasteiger partial charge in [-0.2, -0.15) is 0 Å². The fourth-order valence-corrected chi connectivity index (χ4v) is 4.08. The van der Waals surface area contributed by atoms with E-state index >= 15 is 0 Å². The van der Waals surface area contributed by atoms with Gasteiger partial charge in [-0.15, -0.1) is 22.0 Å². The largest absolute Gasteiger partial charge is 0.479 e. The van der Waals surface area contributed by atoms with E-state index in [1.54, 1.807) is 30.0 Å². The summed E-state index contributed by atoms with van der Waals surface area (Å²) in [7, 11) is 0. The maximum absolute atomic E-state index is 13.0. The molecule has 1 heterocycles. The Morgan fingerprint density at radius 3 is 2.67 bits per heavy atom. The monoisotopic (exact) mass is 404 g/mol. The SMILES string of the molecule is Cc1cc(SCc2nnc(-c3ccc(F)cc3)s2)ccc1OC(C)C(=O)O. The highest BCUT2D eigenvalue weighted by Crippen LogP contribution is 2.31. The molecule has 1 N–H and O–H groups in total. The summed E-state index contributed by atoms with van der Waals surface area (Å²) < 4.78 is 18.4. The summed E-state index contributed by atoms with van der Waals surface area (Å²) >= 11 is 3.08. The van der Waals surface area contributed by atoms with Gasteiger partial charge in [0, 0.05) is 10.5 Å². The number of ether oxygens (including phenoxy) is 1. The zero-order valence-corrected chi connectivity index (χ0v) is 16.3. The van der Waals surface area contributed by atoms with Crippen LogP contribution in [0.2, 0.25) is 0 Å². The molecular weight excluding hydrogens is 387 g/mol. The van der Waals surface area contributed by atoms with E-state index in [0.717, 1.165) is 26.0 Å². The minimum absolute atomic E-state index is 0.278. The Kier molecular flexibility index (Phi) is 6.08. The lowest BCUT2D eigenvalue weighted by Crippen LogP contribution is -2.23. The summed E-state index contributed by atoms with van der Waals surface area (Å²) in [6.45, 7) is 3.38.